The maximum Gasteiger partial charge on any atom is 0.276 e. The van der Waals surface area contributed by atoms with E-state index in [9.17, 15) is 16.8 Å². The van der Waals surface area contributed by atoms with E-state index in [1.807, 2.05) is 0 Å². The number of hydrogen-bond donors (Lipinski definition) is 1. The van der Waals surface area contributed by atoms with Crippen molar-refractivity contribution in [3.8, 4) is 0 Å². The summed E-state index contributed by atoms with van der Waals surface area (Å²) < 4.78 is 46.8. The average molecular weight is 322 g/mol. The molecule has 0 aliphatic carbocycles. The molecule has 1 saturated heterocycles. The Hall–Kier alpha value is 0.260. The zero-order chi connectivity index (χ0) is 11.7. The average Bonchev–Trinajstić information content (AvgIpc) is 2.17. The number of rotatable bonds is 3. The predicted molar refractivity (Wildman–Crippen MR) is 59.0 cm³/mol. The van der Waals surface area contributed by atoms with Crippen LogP contribution in [-0.4, -0.2) is 56.3 Å². The molecule has 0 radical (unpaired) electrons. The third-order valence-electron chi connectivity index (χ3n) is 2.09. The summed E-state index contributed by atoms with van der Waals surface area (Å²) in [5.74, 6) is 0. The summed E-state index contributed by atoms with van der Waals surface area (Å²) in [5.41, 5.74) is 0. The van der Waals surface area contributed by atoms with Crippen molar-refractivity contribution in [2.75, 3.05) is 30.8 Å². The smallest absolute Gasteiger partial charge is 0.216 e. The van der Waals surface area contributed by atoms with Gasteiger partial charge in [-0.2, -0.15) is 17.0 Å². The Balaban J connectivity index is 2.65. The first-order valence-corrected chi connectivity index (χ1v) is 8.32. The maximum absolute atomic E-state index is 11.4. The van der Waals surface area contributed by atoms with Crippen molar-refractivity contribution in [3.63, 3.8) is 0 Å². The minimum absolute atomic E-state index is 0.102. The van der Waals surface area contributed by atoms with Crippen LogP contribution in [-0.2, 0) is 20.2 Å². The molecule has 1 aliphatic rings. The molecule has 1 rings (SSSR count). The summed E-state index contributed by atoms with van der Waals surface area (Å²) in [4.78, 5) is 0. The molecule has 0 aromatic rings. The molecule has 1 aliphatic heterocycles. The Morgan fingerprint density at radius 1 is 1.00 bits per heavy atom. The van der Waals surface area contributed by atoms with Crippen LogP contribution in [0.5, 0.6) is 0 Å². The summed E-state index contributed by atoms with van der Waals surface area (Å²) in [6.07, 6.45) is 0. The highest BCUT2D eigenvalue weighted by Gasteiger charge is 2.29. The van der Waals surface area contributed by atoms with Gasteiger partial charge >= 0.3 is 0 Å². The molecule has 90 valence electrons. The van der Waals surface area contributed by atoms with E-state index in [1.54, 1.807) is 0 Å². The Labute approximate surface area is 97.6 Å². The van der Waals surface area contributed by atoms with Crippen molar-refractivity contribution >= 4 is 36.2 Å². The summed E-state index contributed by atoms with van der Waals surface area (Å²) in [7, 11) is -7.00. The molecule has 1 heterocycles. The number of halogens is 1. The van der Waals surface area contributed by atoms with Crippen LogP contribution in [0, 0.1) is 0 Å². The summed E-state index contributed by atoms with van der Waals surface area (Å²) in [6, 6.07) is 0. The molecular formula is C5H12BrN3O4S2. The van der Waals surface area contributed by atoms with Gasteiger partial charge in [-0.3, -0.25) is 0 Å². The quantitative estimate of drug-likeness (QED) is 0.638. The van der Waals surface area contributed by atoms with Gasteiger partial charge in [-0.15, -0.1) is 0 Å². The number of nitrogens with two attached hydrogens (primary N) is 1. The highest BCUT2D eigenvalue weighted by Crippen LogP contribution is 2.10. The van der Waals surface area contributed by atoms with Crippen LogP contribution in [0.4, 0.5) is 0 Å². The molecule has 0 amide bonds. The van der Waals surface area contributed by atoms with Gasteiger partial charge in [-0.25, -0.2) is 13.6 Å². The van der Waals surface area contributed by atoms with E-state index in [0.717, 1.165) is 4.31 Å². The lowest BCUT2D eigenvalue weighted by Gasteiger charge is -2.31. The van der Waals surface area contributed by atoms with E-state index in [2.05, 4.69) is 15.9 Å². The maximum atomic E-state index is 11.4. The fourth-order valence-corrected chi connectivity index (χ4v) is 3.67. The van der Waals surface area contributed by atoms with Crippen LogP contribution in [0.25, 0.3) is 0 Å². The Bertz CT molecular complexity index is 412. The van der Waals surface area contributed by atoms with Crippen molar-refractivity contribution < 1.29 is 16.8 Å². The summed E-state index contributed by atoms with van der Waals surface area (Å²) in [6.45, 7) is 0.491. The second-order valence-electron chi connectivity index (χ2n) is 3.06. The van der Waals surface area contributed by atoms with Gasteiger partial charge in [0.15, 0.2) is 0 Å². The Kier molecular flexibility index (Phi) is 4.12. The number of hydrogen-bond acceptors (Lipinski definition) is 4. The largest absolute Gasteiger partial charge is 0.276 e. The molecular weight excluding hydrogens is 310 g/mol. The first kappa shape index (κ1) is 13.3. The molecule has 2 N–H and O–H groups in total. The zero-order valence-corrected chi connectivity index (χ0v) is 11.1. The summed E-state index contributed by atoms with van der Waals surface area (Å²) >= 11 is 2.87. The van der Waals surface area contributed by atoms with Crippen LogP contribution in [0.1, 0.15) is 0 Å². The van der Waals surface area contributed by atoms with Gasteiger partial charge in [0.1, 0.15) is 4.66 Å². The fraction of sp³-hybridized carbons (Fsp3) is 1.00. The van der Waals surface area contributed by atoms with Crippen molar-refractivity contribution in [1.29, 1.82) is 0 Å². The van der Waals surface area contributed by atoms with E-state index in [-0.39, 0.29) is 30.8 Å². The van der Waals surface area contributed by atoms with E-state index in [1.165, 1.54) is 4.31 Å². The molecule has 15 heavy (non-hydrogen) atoms. The molecule has 0 saturated carbocycles. The second-order valence-corrected chi connectivity index (χ2v) is 7.88. The van der Waals surface area contributed by atoms with Crippen LogP contribution in [0.2, 0.25) is 0 Å². The lowest BCUT2D eigenvalue weighted by molar-refractivity contribution is 0.274. The van der Waals surface area contributed by atoms with Gasteiger partial charge < -0.3 is 0 Å². The van der Waals surface area contributed by atoms with E-state index in [0.29, 0.717) is 0 Å². The van der Waals surface area contributed by atoms with Gasteiger partial charge in [0.2, 0.25) is 10.0 Å². The molecule has 0 aromatic heterocycles. The van der Waals surface area contributed by atoms with Gasteiger partial charge in [0.05, 0.1) is 0 Å². The van der Waals surface area contributed by atoms with Gasteiger partial charge in [-0.05, 0) is 0 Å². The first-order valence-electron chi connectivity index (χ1n) is 4.09. The van der Waals surface area contributed by atoms with Crippen molar-refractivity contribution in [3.05, 3.63) is 0 Å². The highest BCUT2D eigenvalue weighted by molar-refractivity contribution is 9.10. The molecule has 0 aromatic carbocycles. The van der Waals surface area contributed by atoms with Crippen LogP contribution >= 0.6 is 15.9 Å². The standard InChI is InChI=1S/C5H12BrN3O4S2/c6-5-14(10,11)8-1-3-9(4-2-8)15(7,12)13/h1-5H2,(H2,7,12,13). The van der Waals surface area contributed by atoms with E-state index >= 15 is 0 Å². The zero-order valence-electron chi connectivity index (χ0n) is 7.83. The first-order chi connectivity index (χ1) is 6.77. The second kappa shape index (κ2) is 4.63. The Morgan fingerprint density at radius 3 is 1.73 bits per heavy atom. The van der Waals surface area contributed by atoms with Gasteiger partial charge in [-0.1, -0.05) is 15.9 Å². The van der Waals surface area contributed by atoms with E-state index in [4.69, 9.17) is 5.14 Å². The molecule has 1 fully saturated rings. The third kappa shape index (κ3) is 3.36. The number of sulfonamides is 1. The molecule has 0 bridgehead atoms. The normalized spacial score (nSPS) is 21.7. The van der Waals surface area contributed by atoms with E-state index < -0.39 is 20.2 Å². The Morgan fingerprint density at radius 2 is 1.40 bits per heavy atom. The topological polar surface area (TPSA) is 101 Å². The van der Waals surface area contributed by atoms with Crippen LogP contribution < -0.4 is 5.14 Å². The van der Waals surface area contributed by atoms with Crippen molar-refractivity contribution in [1.82, 2.24) is 8.61 Å². The van der Waals surface area contributed by atoms with Gasteiger partial charge in [0, 0.05) is 26.2 Å². The lowest BCUT2D eigenvalue weighted by atomic mass is 10.4. The minimum atomic E-state index is -3.70. The SMILES string of the molecule is NS(=O)(=O)N1CCN(S(=O)(=O)CBr)CC1. The van der Waals surface area contributed by atoms with Crippen molar-refractivity contribution in [2.45, 2.75) is 0 Å². The summed E-state index contributed by atoms with van der Waals surface area (Å²) in [5, 5.41) is 4.92. The number of nitrogens with zero attached hydrogens (tertiary/aromatic N) is 2. The molecule has 0 atom stereocenters. The van der Waals surface area contributed by atoms with Crippen LogP contribution in [0.3, 0.4) is 0 Å². The monoisotopic (exact) mass is 321 g/mol. The molecule has 7 nitrogen and oxygen atoms in total. The number of piperazine rings is 1. The van der Waals surface area contributed by atoms with Crippen LogP contribution in [0.15, 0.2) is 0 Å². The molecule has 0 unspecified atom stereocenters. The third-order valence-corrected chi connectivity index (χ3v) is 6.34. The fourth-order valence-electron chi connectivity index (χ4n) is 1.27. The highest BCUT2D eigenvalue weighted by atomic mass is 79.9. The lowest BCUT2D eigenvalue weighted by Crippen LogP contribution is -2.52. The number of alkyl halides is 1. The molecule has 10 heteroatoms. The van der Waals surface area contributed by atoms with Crippen molar-refractivity contribution in [2.24, 2.45) is 5.14 Å². The minimum Gasteiger partial charge on any atom is -0.216 e. The predicted octanol–water partition coefficient (Wildman–Crippen LogP) is -1.51. The van der Waals surface area contributed by atoms with Gasteiger partial charge in [0.25, 0.3) is 10.2 Å². The molecule has 0 spiro atoms.